The van der Waals surface area contributed by atoms with Crippen LogP contribution in [0.25, 0.3) is 0 Å². The summed E-state index contributed by atoms with van der Waals surface area (Å²) in [5, 5.41) is 3.50. The fourth-order valence-corrected chi connectivity index (χ4v) is 2.21. The molecule has 1 aromatic carbocycles. The zero-order chi connectivity index (χ0) is 14.9. The minimum atomic E-state index is -0.105. The second kappa shape index (κ2) is 8.87. The van der Waals surface area contributed by atoms with E-state index in [0.717, 1.165) is 39.3 Å². The van der Waals surface area contributed by atoms with Crippen molar-refractivity contribution >= 4 is 17.5 Å². The number of amides is 1. The zero-order valence-electron chi connectivity index (χ0n) is 12.0. The van der Waals surface area contributed by atoms with E-state index in [1.807, 2.05) is 0 Å². The summed E-state index contributed by atoms with van der Waals surface area (Å²) in [4.78, 5) is 14.0. The van der Waals surface area contributed by atoms with E-state index in [0.29, 0.717) is 17.3 Å². The molecule has 5 nitrogen and oxygen atoms in total. The van der Waals surface area contributed by atoms with Gasteiger partial charge in [-0.1, -0.05) is 11.6 Å². The molecule has 2 rings (SSSR count). The maximum Gasteiger partial charge on any atom is 0.257 e. The van der Waals surface area contributed by atoms with Gasteiger partial charge in [-0.3, -0.25) is 9.69 Å². The third-order valence-electron chi connectivity index (χ3n) is 3.26. The Morgan fingerprint density at radius 3 is 2.71 bits per heavy atom. The van der Waals surface area contributed by atoms with Gasteiger partial charge in [-0.2, -0.15) is 0 Å². The number of hydrogen-bond donors (Lipinski definition) is 1. The Hall–Kier alpha value is -1.30. The van der Waals surface area contributed by atoms with Gasteiger partial charge in [0.2, 0.25) is 0 Å². The molecule has 0 unspecified atom stereocenters. The summed E-state index contributed by atoms with van der Waals surface area (Å²) in [6, 6.07) is 6.95. The Bertz CT molecular complexity index is 433. The fraction of sp³-hybridized carbons (Fsp3) is 0.533. The monoisotopic (exact) mass is 312 g/mol. The van der Waals surface area contributed by atoms with Crippen molar-refractivity contribution in [3.8, 4) is 5.75 Å². The highest BCUT2D eigenvalue weighted by atomic mass is 35.5. The summed E-state index contributed by atoms with van der Waals surface area (Å²) in [5.41, 5.74) is 0. The molecule has 1 heterocycles. The first-order chi connectivity index (χ1) is 10.2. The molecule has 6 heteroatoms. The lowest BCUT2D eigenvalue weighted by molar-refractivity contribution is -0.123. The first kappa shape index (κ1) is 16.1. The summed E-state index contributed by atoms with van der Waals surface area (Å²) in [5.74, 6) is 0.537. The quantitative estimate of drug-likeness (QED) is 0.776. The third kappa shape index (κ3) is 6.33. The van der Waals surface area contributed by atoms with E-state index in [4.69, 9.17) is 21.1 Å². The first-order valence-corrected chi connectivity index (χ1v) is 7.57. The molecule has 1 aliphatic rings. The van der Waals surface area contributed by atoms with Gasteiger partial charge in [0.05, 0.1) is 13.2 Å². The van der Waals surface area contributed by atoms with Crippen molar-refractivity contribution in [3.63, 3.8) is 0 Å². The van der Waals surface area contributed by atoms with Gasteiger partial charge in [0, 0.05) is 24.7 Å². The minimum absolute atomic E-state index is 0.0270. The van der Waals surface area contributed by atoms with Crippen LogP contribution in [-0.4, -0.2) is 56.8 Å². The van der Waals surface area contributed by atoms with Crippen molar-refractivity contribution < 1.29 is 14.3 Å². The molecule has 1 N–H and O–H groups in total. The molecule has 0 atom stereocenters. The van der Waals surface area contributed by atoms with E-state index in [1.165, 1.54) is 0 Å². The fourth-order valence-electron chi connectivity index (χ4n) is 2.09. The Morgan fingerprint density at radius 1 is 1.29 bits per heavy atom. The van der Waals surface area contributed by atoms with Crippen LogP contribution in [0.4, 0.5) is 0 Å². The lowest BCUT2D eigenvalue weighted by atomic mass is 10.3. The summed E-state index contributed by atoms with van der Waals surface area (Å²) in [6.07, 6.45) is 0.937. The number of benzene rings is 1. The molecule has 0 radical (unpaired) electrons. The largest absolute Gasteiger partial charge is 0.484 e. The van der Waals surface area contributed by atoms with E-state index in [-0.39, 0.29) is 12.5 Å². The second-order valence-electron chi connectivity index (χ2n) is 4.90. The average molecular weight is 313 g/mol. The number of carbonyl (C=O) groups excluding carboxylic acids is 1. The summed E-state index contributed by atoms with van der Waals surface area (Å²) in [7, 11) is 0. The van der Waals surface area contributed by atoms with Crippen LogP contribution in [0.15, 0.2) is 24.3 Å². The Kier molecular flexibility index (Phi) is 6.79. The summed E-state index contributed by atoms with van der Waals surface area (Å²) in [6.45, 7) is 5.25. The molecule has 1 aliphatic heterocycles. The van der Waals surface area contributed by atoms with Gasteiger partial charge < -0.3 is 14.8 Å². The topological polar surface area (TPSA) is 50.8 Å². The number of rotatable bonds is 7. The third-order valence-corrected chi connectivity index (χ3v) is 3.51. The minimum Gasteiger partial charge on any atom is -0.484 e. The summed E-state index contributed by atoms with van der Waals surface area (Å²) >= 11 is 5.78. The van der Waals surface area contributed by atoms with Gasteiger partial charge in [-0.25, -0.2) is 0 Å². The molecule has 1 saturated heterocycles. The molecule has 1 aromatic rings. The molecule has 0 aromatic heterocycles. The van der Waals surface area contributed by atoms with Crippen molar-refractivity contribution in [2.24, 2.45) is 0 Å². The Balaban J connectivity index is 1.54. The zero-order valence-corrected chi connectivity index (χ0v) is 12.8. The highest BCUT2D eigenvalue weighted by Crippen LogP contribution is 2.15. The van der Waals surface area contributed by atoms with Gasteiger partial charge in [0.15, 0.2) is 6.61 Å². The van der Waals surface area contributed by atoms with E-state index >= 15 is 0 Å². The van der Waals surface area contributed by atoms with Crippen LogP contribution in [0.5, 0.6) is 5.75 Å². The van der Waals surface area contributed by atoms with Crippen LogP contribution in [0, 0.1) is 0 Å². The van der Waals surface area contributed by atoms with Crippen molar-refractivity contribution in [1.82, 2.24) is 10.2 Å². The van der Waals surface area contributed by atoms with E-state index < -0.39 is 0 Å². The molecular formula is C15H21ClN2O3. The molecule has 1 amide bonds. The van der Waals surface area contributed by atoms with Crippen LogP contribution in [-0.2, 0) is 9.53 Å². The van der Waals surface area contributed by atoms with Crippen LogP contribution in [0.3, 0.4) is 0 Å². The van der Waals surface area contributed by atoms with Crippen LogP contribution < -0.4 is 10.1 Å². The predicted molar refractivity (Wildman–Crippen MR) is 81.8 cm³/mol. The van der Waals surface area contributed by atoms with Gasteiger partial charge in [-0.05, 0) is 37.2 Å². The number of ether oxygens (including phenoxy) is 2. The van der Waals surface area contributed by atoms with Gasteiger partial charge >= 0.3 is 0 Å². The van der Waals surface area contributed by atoms with Gasteiger partial charge in [0.25, 0.3) is 5.91 Å². The number of hydrogen-bond acceptors (Lipinski definition) is 4. The number of halogens is 1. The van der Waals surface area contributed by atoms with E-state index in [1.54, 1.807) is 24.3 Å². The first-order valence-electron chi connectivity index (χ1n) is 7.19. The number of carbonyl (C=O) groups is 1. The van der Waals surface area contributed by atoms with Crippen molar-refractivity contribution in [3.05, 3.63) is 29.3 Å². The molecule has 21 heavy (non-hydrogen) atoms. The van der Waals surface area contributed by atoms with Crippen molar-refractivity contribution in [2.45, 2.75) is 6.42 Å². The van der Waals surface area contributed by atoms with Crippen LogP contribution >= 0.6 is 11.6 Å². The molecule has 0 saturated carbocycles. The lowest BCUT2D eigenvalue weighted by Crippen LogP contribution is -2.38. The van der Waals surface area contributed by atoms with E-state index in [9.17, 15) is 4.79 Å². The lowest BCUT2D eigenvalue weighted by Gasteiger charge is -2.26. The maximum absolute atomic E-state index is 11.6. The number of nitrogens with zero attached hydrogens (tertiary/aromatic N) is 1. The highest BCUT2D eigenvalue weighted by molar-refractivity contribution is 6.30. The average Bonchev–Trinajstić information content (AvgIpc) is 2.52. The molecule has 0 spiro atoms. The predicted octanol–water partition coefficient (Wildman–Crippen LogP) is 1.56. The van der Waals surface area contributed by atoms with Crippen molar-refractivity contribution in [1.29, 1.82) is 0 Å². The standard InChI is InChI=1S/C15H21ClN2O3/c16-13-2-4-14(5-3-13)21-12-15(19)17-6-1-7-18-8-10-20-11-9-18/h2-5H,1,6-12H2,(H,17,19). The molecule has 0 bridgehead atoms. The molecule has 1 fully saturated rings. The molecule has 116 valence electrons. The van der Waals surface area contributed by atoms with Gasteiger partial charge in [-0.15, -0.1) is 0 Å². The molecule has 0 aliphatic carbocycles. The smallest absolute Gasteiger partial charge is 0.257 e. The maximum atomic E-state index is 11.6. The van der Waals surface area contributed by atoms with Crippen LogP contribution in [0.1, 0.15) is 6.42 Å². The normalized spacial score (nSPS) is 15.7. The summed E-state index contributed by atoms with van der Waals surface area (Å²) < 4.78 is 10.7. The Morgan fingerprint density at radius 2 is 2.00 bits per heavy atom. The van der Waals surface area contributed by atoms with Crippen LogP contribution in [0.2, 0.25) is 5.02 Å². The molecular weight excluding hydrogens is 292 g/mol. The van der Waals surface area contributed by atoms with Crippen molar-refractivity contribution in [2.75, 3.05) is 46.0 Å². The Labute approximate surface area is 130 Å². The number of nitrogens with one attached hydrogen (secondary N) is 1. The SMILES string of the molecule is O=C(COc1ccc(Cl)cc1)NCCCN1CCOCC1. The second-order valence-corrected chi connectivity index (χ2v) is 5.34. The van der Waals surface area contributed by atoms with Gasteiger partial charge in [0.1, 0.15) is 5.75 Å². The highest BCUT2D eigenvalue weighted by Gasteiger charge is 2.09. The number of morpholine rings is 1. The van der Waals surface area contributed by atoms with E-state index in [2.05, 4.69) is 10.2 Å².